The van der Waals surface area contributed by atoms with Gasteiger partial charge < -0.3 is 0 Å². The van der Waals surface area contributed by atoms with Gasteiger partial charge in [-0.25, -0.2) is 0 Å². The number of hydrogen-bond donors (Lipinski definition) is 1. The Kier molecular flexibility index (Phi) is 3.38. The monoisotopic (exact) mass is 248 g/mol. The van der Waals surface area contributed by atoms with Gasteiger partial charge in [-0.3, -0.25) is 0 Å². The molecule has 2 saturated carbocycles. The first kappa shape index (κ1) is 12.2. The molecule has 0 amide bonds. The van der Waals surface area contributed by atoms with E-state index in [0.717, 1.165) is 5.66 Å². The molecule has 1 N–H and O–H groups in total. The summed E-state index contributed by atoms with van der Waals surface area (Å²) in [6, 6.07) is 0. The van der Waals surface area contributed by atoms with Gasteiger partial charge in [0.15, 0.2) is 0 Å². The van der Waals surface area contributed by atoms with Crippen molar-refractivity contribution in [1.82, 2.24) is 0 Å². The Morgan fingerprint density at radius 1 is 1.33 bits per heavy atom. The number of rotatable bonds is 5. The van der Waals surface area contributed by atoms with Crippen LogP contribution in [0.25, 0.3) is 0 Å². The van der Waals surface area contributed by atoms with Gasteiger partial charge in [-0.2, -0.15) is 0 Å². The molecule has 2 rings (SSSR count). The van der Waals surface area contributed by atoms with Crippen LogP contribution in [0.1, 0.15) is 39.0 Å². The van der Waals surface area contributed by atoms with Crippen LogP contribution in [0.5, 0.6) is 0 Å². The molecule has 0 aromatic heterocycles. The average molecular weight is 248 g/mol. The summed E-state index contributed by atoms with van der Waals surface area (Å²) in [7, 11) is -1.85. The third-order valence-electron chi connectivity index (χ3n) is 3.64. The normalized spacial score (nSPS) is 26.3. The maximum absolute atomic E-state index is 10.3. The fourth-order valence-electron chi connectivity index (χ4n) is 3.08. The van der Waals surface area contributed by atoms with Gasteiger partial charge in [0.2, 0.25) is 0 Å². The second-order valence-corrected chi connectivity index (χ2v) is 14.8. The van der Waals surface area contributed by atoms with Crippen LogP contribution in [-0.4, -0.2) is 41.2 Å². The summed E-state index contributed by atoms with van der Waals surface area (Å²) in [5.74, 6) is 1.24. The molecule has 0 aromatic rings. The average Bonchev–Trinajstić information content (AvgIpc) is 2.96. The maximum atomic E-state index is 10.3. The van der Waals surface area contributed by atoms with Crippen LogP contribution in [0.3, 0.4) is 0 Å². The second-order valence-electron chi connectivity index (χ2n) is 6.03. The Morgan fingerprint density at radius 2 is 1.93 bits per heavy atom. The Balaban J connectivity index is 2.25. The van der Waals surface area contributed by atoms with Crippen molar-refractivity contribution in [1.29, 1.82) is 0 Å². The third-order valence-corrected chi connectivity index (χ3v) is 13.9. The SMILES string of the molecule is CCCP(C[PH](C)(C)O)(=C1CC1)C1CC1. The molecule has 0 saturated heterocycles. The molecule has 1 nitrogen and oxygen atoms in total. The molecule has 0 bridgehead atoms. The Hall–Kier alpha value is 0.690. The van der Waals surface area contributed by atoms with E-state index in [1.165, 1.54) is 44.2 Å². The zero-order chi connectivity index (χ0) is 11.1. The first-order valence-electron chi connectivity index (χ1n) is 6.42. The molecule has 0 aromatic carbocycles. The zero-order valence-electron chi connectivity index (χ0n) is 10.4. The predicted octanol–water partition coefficient (Wildman–Crippen LogP) is 3.42. The van der Waals surface area contributed by atoms with Gasteiger partial charge in [0.25, 0.3) is 0 Å². The topological polar surface area (TPSA) is 20.2 Å². The molecule has 0 radical (unpaired) electrons. The van der Waals surface area contributed by atoms with E-state index in [1.807, 2.05) is 5.29 Å². The standard InChI is InChI=1S/C12H26OP2/c1-4-9-15(11-5-6-11,12-7-8-12)10-14(2,3)13/h11,13-14H,4-10H2,1-3H3. The summed E-state index contributed by atoms with van der Waals surface area (Å²) in [5.41, 5.74) is 1.05. The molecule has 1 unspecified atom stereocenters. The summed E-state index contributed by atoms with van der Waals surface area (Å²) in [6.07, 6.45) is 8.55. The van der Waals surface area contributed by atoms with Crippen molar-refractivity contribution in [3.05, 3.63) is 0 Å². The van der Waals surface area contributed by atoms with Crippen molar-refractivity contribution in [2.24, 2.45) is 0 Å². The van der Waals surface area contributed by atoms with Crippen molar-refractivity contribution in [2.75, 3.05) is 25.4 Å². The van der Waals surface area contributed by atoms with Gasteiger partial charge in [0.1, 0.15) is 0 Å². The van der Waals surface area contributed by atoms with E-state index >= 15 is 0 Å². The third kappa shape index (κ3) is 2.87. The zero-order valence-corrected chi connectivity index (χ0v) is 12.3. The summed E-state index contributed by atoms with van der Waals surface area (Å²) < 4.78 is 0. The van der Waals surface area contributed by atoms with Crippen LogP contribution >= 0.6 is 14.4 Å². The van der Waals surface area contributed by atoms with E-state index in [-0.39, 0.29) is 0 Å². The van der Waals surface area contributed by atoms with Crippen molar-refractivity contribution in [3.63, 3.8) is 0 Å². The van der Waals surface area contributed by atoms with Crippen LogP contribution in [0.15, 0.2) is 0 Å². The molecule has 0 heterocycles. The predicted molar refractivity (Wildman–Crippen MR) is 76.6 cm³/mol. The summed E-state index contributed by atoms with van der Waals surface area (Å²) in [6.45, 7) is 5.80. The van der Waals surface area contributed by atoms with Crippen LogP contribution in [0.2, 0.25) is 0 Å². The second kappa shape index (κ2) is 4.17. The van der Waals surface area contributed by atoms with Gasteiger partial charge in [0, 0.05) is 0 Å². The summed E-state index contributed by atoms with van der Waals surface area (Å²) >= 11 is 0. The molecule has 2 aliphatic rings. The number of hydrogen-bond acceptors (Lipinski definition) is 1. The van der Waals surface area contributed by atoms with Crippen LogP contribution in [-0.2, 0) is 0 Å². The van der Waals surface area contributed by atoms with Gasteiger partial charge in [-0.05, 0) is 0 Å². The Labute approximate surface area is 95.1 Å². The van der Waals surface area contributed by atoms with Crippen LogP contribution in [0, 0.1) is 0 Å². The Bertz CT molecular complexity index is 291. The minimum atomic E-state index is -1.85. The first-order valence-corrected chi connectivity index (χ1v) is 11.8. The van der Waals surface area contributed by atoms with Crippen molar-refractivity contribution >= 4 is 19.7 Å². The van der Waals surface area contributed by atoms with E-state index in [4.69, 9.17) is 0 Å². The van der Waals surface area contributed by atoms with E-state index in [1.54, 1.807) is 0 Å². The van der Waals surface area contributed by atoms with Gasteiger partial charge in [-0.1, -0.05) is 0 Å². The Morgan fingerprint density at radius 3 is 2.27 bits per heavy atom. The van der Waals surface area contributed by atoms with E-state index in [2.05, 4.69) is 20.3 Å². The van der Waals surface area contributed by atoms with Crippen LogP contribution in [0.4, 0.5) is 0 Å². The van der Waals surface area contributed by atoms with E-state index in [0.29, 0.717) is 0 Å². The molecular formula is C12H26OP2. The van der Waals surface area contributed by atoms with Gasteiger partial charge in [-0.15, -0.1) is 0 Å². The first-order chi connectivity index (χ1) is 6.98. The minimum absolute atomic E-state index is 0.811. The molecule has 0 spiro atoms. The molecule has 3 heteroatoms. The molecule has 2 fully saturated rings. The summed E-state index contributed by atoms with van der Waals surface area (Å²) in [5, 5.41) is 1.92. The molecule has 1 atom stereocenters. The van der Waals surface area contributed by atoms with E-state index < -0.39 is 14.4 Å². The van der Waals surface area contributed by atoms with Gasteiger partial charge in [0.05, 0.1) is 0 Å². The molecular weight excluding hydrogens is 222 g/mol. The fourth-order valence-corrected chi connectivity index (χ4v) is 15.3. The van der Waals surface area contributed by atoms with Crippen molar-refractivity contribution in [3.8, 4) is 0 Å². The molecule has 15 heavy (non-hydrogen) atoms. The van der Waals surface area contributed by atoms with Crippen LogP contribution < -0.4 is 0 Å². The van der Waals surface area contributed by atoms with Gasteiger partial charge >= 0.3 is 94.6 Å². The molecule has 2 aliphatic carbocycles. The fraction of sp³-hybridized carbons (Fsp3) is 0.917. The van der Waals surface area contributed by atoms with E-state index in [9.17, 15) is 4.89 Å². The van der Waals surface area contributed by atoms with Crippen molar-refractivity contribution in [2.45, 2.75) is 44.7 Å². The molecule has 0 aliphatic heterocycles. The quantitative estimate of drug-likeness (QED) is 0.739. The van der Waals surface area contributed by atoms with Crippen molar-refractivity contribution < 1.29 is 4.89 Å². The molecule has 90 valence electrons. The summed E-state index contributed by atoms with van der Waals surface area (Å²) in [4.78, 5) is 10.3.